The van der Waals surface area contributed by atoms with Crippen molar-refractivity contribution in [1.29, 1.82) is 0 Å². The van der Waals surface area contributed by atoms with Gasteiger partial charge in [0.2, 0.25) is 11.8 Å². The maximum atomic E-state index is 13.8. The molecule has 210 valence electrons. The maximum absolute atomic E-state index is 13.8. The molecule has 1 heterocycles. The standard InChI is InChI=1S/C32H34N6O3/c33-28-19-22(17-18-35-28)15-16-27(30(39)36-20-23-11-13-24(14-12-23)21-37-32(34)41)38-31(40)29(25-7-3-1-4-8-25)26-9-5-2-6-10-26/h1-14,17-19,27,29H,15-16,20-21H2,(H2,33,35)(H,36,39)(H,38,40)(H3,34,37,41). The summed E-state index contributed by atoms with van der Waals surface area (Å²) in [5.74, 6) is -0.733. The number of rotatable bonds is 12. The van der Waals surface area contributed by atoms with Crippen LogP contribution in [0.5, 0.6) is 0 Å². The van der Waals surface area contributed by atoms with Gasteiger partial charge in [0, 0.05) is 19.3 Å². The molecule has 0 aliphatic heterocycles. The second-order valence-corrected chi connectivity index (χ2v) is 9.70. The first kappa shape index (κ1) is 28.8. The van der Waals surface area contributed by atoms with Crippen LogP contribution in [0.1, 0.15) is 40.2 Å². The molecule has 4 rings (SSSR count). The lowest BCUT2D eigenvalue weighted by Crippen LogP contribution is -2.48. The maximum Gasteiger partial charge on any atom is 0.312 e. The molecule has 0 saturated carbocycles. The van der Waals surface area contributed by atoms with Crippen molar-refractivity contribution < 1.29 is 14.4 Å². The van der Waals surface area contributed by atoms with Gasteiger partial charge in [-0.05, 0) is 52.8 Å². The Balaban J connectivity index is 1.49. The molecule has 0 aliphatic carbocycles. The molecular formula is C32H34N6O3. The molecule has 3 aromatic carbocycles. The highest BCUT2D eigenvalue weighted by atomic mass is 16.2. The first-order valence-corrected chi connectivity index (χ1v) is 13.4. The summed E-state index contributed by atoms with van der Waals surface area (Å²) in [6.07, 6.45) is 2.52. The third-order valence-electron chi connectivity index (χ3n) is 6.68. The van der Waals surface area contributed by atoms with Crippen molar-refractivity contribution in [3.63, 3.8) is 0 Å². The second kappa shape index (κ2) is 14.3. The van der Waals surface area contributed by atoms with Crippen LogP contribution in [0.15, 0.2) is 103 Å². The minimum atomic E-state index is -0.786. The number of benzene rings is 3. The summed E-state index contributed by atoms with van der Waals surface area (Å²) in [5, 5.41) is 8.53. The molecule has 1 atom stereocenters. The highest BCUT2D eigenvalue weighted by molar-refractivity contribution is 5.92. The van der Waals surface area contributed by atoms with Gasteiger partial charge in [0.15, 0.2) is 0 Å². The van der Waals surface area contributed by atoms with E-state index in [1.54, 1.807) is 12.3 Å². The molecule has 4 amide bonds. The fourth-order valence-corrected chi connectivity index (χ4v) is 4.55. The number of urea groups is 1. The Morgan fingerprint density at radius 3 is 1.80 bits per heavy atom. The summed E-state index contributed by atoms with van der Waals surface area (Å²) < 4.78 is 0. The molecule has 4 aromatic rings. The zero-order valence-corrected chi connectivity index (χ0v) is 22.6. The zero-order valence-electron chi connectivity index (χ0n) is 22.6. The highest BCUT2D eigenvalue weighted by Gasteiger charge is 2.27. The summed E-state index contributed by atoms with van der Waals surface area (Å²) in [4.78, 5) is 42.2. The highest BCUT2D eigenvalue weighted by Crippen LogP contribution is 2.25. The molecule has 1 unspecified atom stereocenters. The van der Waals surface area contributed by atoms with E-state index >= 15 is 0 Å². The second-order valence-electron chi connectivity index (χ2n) is 9.70. The number of nitrogens with zero attached hydrogens (tertiary/aromatic N) is 1. The van der Waals surface area contributed by atoms with Crippen molar-refractivity contribution in [3.8, 4) is 0 Å². The summed E-state index contributed by atoms with van der Waals surface area (Å²) in [6.45, 7) is 0.595. The average Bonchev–Trinajstić information content (AvgIpc) is 2.98. The fourth-order valence-electron chi connectivity index (χ4n) is 4.55. The number of carbonyl (C=O) groups is 3. The van der Waals surface area contributed by atoms with Crippen LogP contribution < -0.4 is 27.4 Å². The molecule has 9 nitrogen and oxygen atoms in total. The lowest BCUT2D eigenvalue weighted by atomic mass is 9.90. The number of pyridine rings is 1. The van der Waals surface area contributed by atoms with E-state index in [0.717, 1.165) is 27.8 Å². The molecule has 0 spiro atoms. The molecule has 0 radical (unpaired) electrons. The van der Waals surface area contributed by atoms with Gasteiger partial charge in [-0.3, -0.25) is 9.59 Å². The number of nitrogens with one attached hydrogen (secondary N) is 3. The van der Waals surface area contributed by atoms with Crippen LogP contribution in [0.3, 0.4) is 0 Å². The normalized spacial score (nSPS) is 11.4. The molecule has 9 heteroatoms. The SMILES string of the molecule is NC(=O)NCc1ccc(CNC(=O)C(CCc2ccnc(N)c2)NC(=O)C(c2ccccc2)c2ccccc2)cc1. The van der Waals surface area contributed by atoms with E-state index in [0.29, 0.717) is 25.2 Å². The lowest BCUT2D eigenvalue weighted by molar-refractivity contribution is -0.129. The molecule has 7 N–H and O–H groups in total. The number of hydrogen-bond donors (Lipinski definition) is 5. The number of hydrogen-bond acceptors (Lipinski definition) is 5. The van der Waals surface area contributed by atoms with Crippen molar-refractivity contribution in [3.05, 3.63) is 131 Å². The van der Waals surface area contributed by atoms with Gasteiger partial charge in [-0.15, -0.1) is 0 Å². The van der Waals surface area contributed by atoms with Crippen LogP contribution in [0.2, 0.25) is 0 Å². The van der Waals surface area contributed by atoms with E-state index in [9.17, 15) is 14.4 Å². The predicted molar refractivity (Wildman–Crippen MR) is 158 cm³/mol. The number of nitrogen functional groups attached to an aromatic ring is 1. The number of anilines is 1. The number of aryl methyl sites for hydroxylation is 1. The molecular weight excluding hydrogens is 516 g/mol. The quantitative estimate of drug-likeness (QED) is 0.183. The van der Waals surface area contributed by atoms with E-state index in [1.165, 1.54) is 0 Å². The van der Waals surface area contributed by atoms with Gasteiger partial charge in [0.05, 0.1) is 5.92 Å². The van der Waals surface area contributed by atoms with Crippen LogP contribution in [-0.4, -0.2) is 28.9 Å². The predicted octanol–water partition coefficient (Wildman–Crippen LogP) is 3.40. The largest absolute Gasteiger partial charge is 0.384 e. The Hall–Kier alpha value is -5.18. The number of carbonyl (C=O) groups excluding carboxylic acids is 3. The van der Waals surface area contributed by atoms with Crippen molar-refractivity contribution in [2.24, 2.45) is 5.73 Å². The van der Waals surface area contributed by atoms with Crippen molar-refractivity contribution in [2.45, 2.75) is 37.9 Å². The molecule has 0 fully saturated rings. The smallest absolute Gasteiger partial charge is 0.312 e. The van der Waals surface area contributed by atoms with Gasteiger partial charge in [0.1, 0.15) is 11.9 Å². The van der Waals surface area contributed by atoms with Crippen LogP contribution in [0.4, 0.5) is 10.6 Å². The van der Waals surface area contributed by atoms with Gasteiger partial charge in [-0.1, -0.05) is 84.9 Å². The minimum absolute atomic E-state index is 0.261. The Labute approximate surface area is 239 Å². The molecule has 1 aromatic heterocycles. The van der Waals surface area contributed by atoms with E-state index < -0.39 is 18.0 Å². The van der Waals surface area contributed by atoms with E-state index in [-0.39, 0.29) is 18.4 Å². The third-order valence-corrected chi connectivity index (χ3v) is 6.68. The Morgan fingerprint density at radius 2 is 1.27 bits per heavy atom. The van der Waals surface area contributed by atoms with Gasteiger partial charge in [0.25, 0.3) is 0 Å². The third kappa shape index (κ3) is 8.66. The lowest BCUT2D eigenvalue weighted by Gasteiger charge is -2.23. The summed E-state index contributed by atoms with van der Waals surface area (Å²) in [6, 6.07) is 28.7. The molecule has 41 heavy (non-hydrogen) atoms. The minimum Gasteiger partial charge on any atom is -0.384 e. The average molecular weight is 551 g/mol. The summed E-state index contributed by atoms with van der Waals surface area (Å²) in [7, 11) is 0. The van der Waals surface area contributed by atoms with Gasteiger partial charge < -0.3 is 27.4 Å². The first-order valence-electron chi connectivity index (χ1n) is 13.4. The van der Waals surface area contributed by atoms with Gasteiger partial charge in [-0.2, -0.15) is 0 Å². The number of nitrogens with two attached hydrogens (primary N) is 2. The fraction of sp³-hybridized carbons (Fsp3) is 0.188. The van der Waals surface area contributed by atoms with E-state index in [1.807, 2.05) is 91.0 Å². The Bertz CT molecular complexity index is 1410. The zero-order chi connectivity index (χ0) is 29.0. The molecule has 0 saturated heterocycles. The Morgan fingerprint density at radius 1 is 0.707 bits per heavy atom. The van der Waals surface area contributed by atoms with E-state index in [4.69, 9.17) is 11.5 Å². The van der Waals surface area contributed by atoms with Crippen LogP contribution >= 0.6 is 0 Å². The van der Waals surface area contributed by atoms with Crippen LogP contribution in [-0.2, 0) is 29.1 Å². The molecule has 0 bridgehead atoms. The number of aromatic nitrogens is 1. The van der Waals surface area contributed by atoms with Gasteiger partial charge in [-0.25, -0.2) is 9.78 Å². The summed E-state index contributed by atoms with van der Waals surface area (Å²) in [5.41, 5.74) is 15.3. The Kier molecular flexibility index (Phi) is 10.0. The monoisotopic (exact) mass is 550 g/mol. The summed E-state index contributed by atoms with van der Waals surface area (Å²) >= 11 is 0. The first-order chi connectivity index (χ1) is 19.9. The number of primary amides is 1. The van der Waals surface area contributed by atoms with E-state index in [2.05, 4.69) is 20.9 Å². The van der Waals surface area contributed by atoms with Crippen molar-refractivity contribution in [2.75, 3.05) is 5.73 Å². The molecule has 0 aliphatic rings. The van der Waals surface area contributed by atoms with Crippen molar-refractivity contribution >= 4 is 23.7 Å². The van der Waals surface area contributed by atoms with Crippen LogP contribution in [0, 0.1) is 0 Å². The van der Waals surface area contributed by atoms with Crippen LogP contribution in [0.25, 0.3) is 0 Å². The van der Waals surface area contributed by atoms with Crippen molar-refractivity contribution in [1.82, 2.24) is 20.9 Å². The number of amides is 4. The topological polar surface area (TPSA) is 152 Å². The van der Waals surface area contributed by atoms with Gasteiger partial charge >= 0.3 is 6.03 Å².